The van der Waals surface area contributed by atoms with Crippen LogP contribution in [0.25, 0.3) is 0 Å². The van der Waals surface area contributed by atoms with Crippen LogP contribution in [-0.4, -0.2) is 50.3 Å². The predicted molar refractivity (Wildman–Crippen MR) is 138 cm³/mol. The van der Waals surface area contributed by atoms with Crippen LogP contribution in [0.4, 0.5) is 17.6 Å². The third-order valence-electron chi connectivity index (χ3n) is 6.00. The Bertz CT molecular complexity index is 1380. The standard InChI is InChI=1S/C28H29F4NO5S/c1-39(36,37)25-18-23(12-11-21(25)17-26(34)35)38-16-6-14-33(15-13-20-7-3-2-4-8-20)19-22-9-5-10-24(27(22)29)28(30,31)32/h2-5,7-12,18H,6,13-17,19H2,1H3,(H,34,35). The fourth-order valence-corrected chi connectivity index (χ4v) is 5.07. The zero-order valence-corrected chi connectivity index (χ0v) is 22.1. The molecule has 0 aliphatic carbocycles. The summed E-state index contributed by atoms with van der Waals surface area (Å²) in [5, 5.41) is 9.04. The van der Waals surface area contributed by atoms with Gasteiger partial charge in [0.15, 0.2) is 9.84 Å². The first-order valence-electron chi connectivity index (χ1n) is 12.1. The maximum Gasteiger partial charge on any atom is 0.419 e. The van der Waals surface area contributed by atoms with E-state index in [1.165, 1.54) is 30.3 Å². The van der Waals surface area contributed by atoms with Crippen molar-refractivity contribution in [3.8, 4) is 5.75 Å². The summed E-state index contributed by atoms with van der Waals surface area (Å²) >= 11 is 0. The summed E-state index contributed by atoms with van der Waals surface area (Å²) < 4.78 is 84.2. The first-order chi connectivity index (χ1) is 18.3. The molecule has 1 N–H and O–H groups in total. The first-order valence-corrected chi connectivity index (χ1v) is 14.0. The number of hydrogen-bond acceptors (Lipinski definition) is 5. The second kappa shape index (κ2) is 13.1. The van der Waals surface area contributed by atoms with E-state index in [2.05, 4.69) is 0 Å². The fraction of sp³-hybridized carbons (Fsp3) is 0.321. The van der Waals surface area contributed by atoms with E-state index in [-0.39, 0.29) is 34.9 Å². The lowest BCUT2D eigenvalue weighted by Gasteiger charge is -2.23. The molecule has 0 aliphatic rings. The number of benzene rings is 3. The van der Waals surface area contributed by atoms with Gasteiger partial charge in [-0.05, 0) is 42.2 Å². The smallest absolute Gasteiger partial charge is 0.419 e. The van der Waals surface area contributed by atoms with Gasteiger partial charge in [-0.25, -0.2) is 12.8 Å². The molecule has 0 fully saturated rings. The highest BCUT2D eigenvalue weighted by Crippen LogP contribution is 2.32. The first kappa shape index (κ1) is 30.1. The van der Waals surface area contributed by atoms with E-state index in [4.69, 9.17) is 9.84 Å². The molecule has 0 saturated heterocycles. The highest BCUT2D eigenvalue weighted by molar-refractivity contribution is 7.90. The van der Waals surface area contributed by atoms with Crippen molar-refractivity contribution in [2.24, 2.45) is 0 Å². The van der Waals surface area contributed by atoms with Gasteiger partial charge >= 0.3 is 12.1 Å². The predicted octanol–water partition coefficient (Wildman–Crippen LogP) is 5.39. The highest BCUT2D eigenvalue weighted by Gasteiger charge is 2.34. The van der Waals surface area contributed by atoms with Crippen LogP contribution in [0.3, 0.4) is 0 Å². The number of alkyl halides is 3. The summed E-state index contributed by atoms with van der Waals surface area (Å²) in [5.74, 6) is -2.22. The van der Waals surface area contributed by atoms with Crippen LogP contribution in [-0.2, 0) is 40.2 Å². The summed E-state index contributed by atoms with van der Waals surface area (Å²) in [6.07, 6.45) is -3.25. The number of carboxylic acid groups (broad SMARTS) is 1. The second-order valence-corrected chi connectivity index (χ2v) is 11.1. The summed E-state index contributed by atoms with van der Waals surface area (Å²) in [6, 6.07) is 16.9. The summed E-state index contributed by atoms with van der Waals surface area (Å²) in [5.41, 5.74) is -0.199. The average molecular weight is 568 g/mol. The molecule has 11 heteroatoms. The fourth-order valence-electron chi connectivity index (χ4n) is 4.12. The van der Waals surface area contributed by atoms with Gasteiger partial charge in [0.05, 0.1) is 23.5 Å². The normalized spacial score (nSPS) is 12.1. The highest BCUT2D eigenvalue weighted by atomic mass is 32.2. The van der Waals surface area contributed by atoms with Crippen LogP contribution in [0.5, 0.6) is 5.75 Å². The third-order valence-corrected chi connectivity index (χ3v) is 7.18. The van der Waals surface area contributed by atoms with E-state index in [9.17, 15) is 30.8 Å². The van der Waals surface area contributed by atoms with E-state index in [1.54, 1.807) is 0 Å². The number of ether oxygens (including phenoxy) is 1. The molecule has 6 nitrogen and oxygen atoms in total. The molecule has 0 bridgehead atoms. The summed E-state index contributed by atoms with van der Waals surface area (Å²) in [6.45, 7) is 0.944. The number of nitrogens with zero attached hydrogens (tertiary/aromatic N) is 1. The van der Waals surface area contributed by atoms with Gasteiger partial charge in [0.2, 0.25) is 0 Å². The Kier molecular flexibility index (Phi) is 10.1. The molecular formula is C28H29F4NO5S. The summed E-state index contributed by atoms with van der Waals surface area (Å²) in [7, 11) is -3.70. The number of hydrogen-bond donors (Lipinski definition) is 1. The van der Waals surface area contributed by atoms with Gasteiger partial charge in [0, 0.05) is 31.5 Å². The van der Waals surface area contributed by atoms with Crippen molar-refractivity contribution in [3.05, 3.63) is 94.8 Å². The van der Waals surface area contributed by atoms with Gasteiger partial charge in [-0.1, -0.05) is 48.5 Å². The minimum atomic E-state index is -4.80. The molecule has 0 heterocycles. The molecular weight excluding hydrogens is 538 g/mol. The lowest BCUT2D eigenvalue weighted by atomic mass is 10.1. The van der Waals surface area contributed by atoms with Gasteiger partial charge < -0.3 is 9.84 Å². The second-order valence-electron chi connectivity index (χ2n) is 9.10. The minimum Gasteiger partial charge on any atom is -0.494 e. The Morgan fingerprint density at radius 1 is 0.974 bits per heavy atom. The molecule has 0 spiro atoms. The molecule has 210 valence electrons. The van der Waals surface area contributed by atoms with E-state index < -0.39 is 39.8 Å². The molecule has 0 aliphatic heterocycles. The van der Waals surface area contributed by atoms with Crippen molar-refractivity contribution in [2.75, 3.05) is 26.0 Å². The van der Waals surface area contributed by atoms with Gasteiger partial charge in [-0.2, -0.15) is 13.2 Å². The maximum absolute atomic E-state index is 14.7. The van der Waals surface area contributed by atoms with Crippen LogP contribution in [0.1, 0.15) is 28.7 Å². The van der Waals surface area contributed by atoms with E-state index in [1.807, 2.05) is 35.2 Å². The van der Waals surface area contributed by atoms with E-state index >= 15 is 0 Å². The average Bonchev–Trinajstić information content (AvgIpc) is 2.85. The molecule has 0 atom stereocenters. The molecule has 0 aromatic heterocycles. The maximum atomic E-state index is 14.7. The minimum absolute atomic E-state index is 0.0370. The Morgan fingerprint density at radius 2 is 1.69 bits per heavy atom. The topological polar surface area (TPSA) is 83.9 Å². The van der Waals surface area contributed by atoms with Crippen LogP contribution < -0.4 is 4.74 Å². The molecule has 3 aromatic carbocycles. The van der Waals surface area contributed by atoms with Gasteiger partial charge in [-0.15, -0.1) is 0 Å². The van der Waals surface area contributed by atoms with Gasteiger partial charge in [0.1, 0.15) is 11.6 Å². The molecule has 3 rings (SSSR count). The van der Waals surface area contributed by atoms with Crippen molar-refractivity contribution in [2.45, 2.75) is 36.9 Å². The lowest BCUT2D eigenvalue weighted by molar-refractivity contribution is -0.140. The molecule has 39 heavy (non-hydrogen) atoms. The van der Waals surface area contributed by atoms with Crippen molar-refractivity contribution in [3.63, 3.8) is 0 Å². The molecule has 0 unspecified atom stereocenters. The monoisotopic (exact) mass is 567 g/mol. The third kappa shape index (κ3) is 9.07. The Morgan fingerprint density at radius 3 is 2.33 bits per heavy atom. The van der Waals surface area contributed by atoms with Crippen LogP contribution in [0, 0.1) is 5.82 Å². The van der Waals surface area contributed by atoms with Gasteiger partial charge in [-0.3, -0.25) is 9.69 Å². The van der Waals surface area contributed by atoms with Crippen molar-refractivity contribution < 1.29 is 40.6 Å². The van der Waals surface area contributed by atoms with Crippen LogP contribution in [0.2, 0.25) is 0 Å². The number of sulfone groups is 1. The largest absolute Gasteiger partial charge is 0.494 e. The summed E-state index contributed by atoms with van der Waals surface area (Å²) in [4.78, 5) is 12.8. The number of carbonyl (C=O) groups is 1. The lowest BCUT2D eigenvalue weighted by Crippen LogP contribution is -2.28. The Balaban J connectivity index is 1.69. The number of halogens is 4. The van der Waals surface area contributed by atoms with E-state index in [0.717, 1.165) is 11.8 Å². The van der Waals surface area contributed by atoms with Crippen LogP contribution >= 0.6 is 0 Å². The molecule has 0 amide bonds. The zero-order valence-electron chi connectivity index (χ0n) is 21.2. The van der Waals surface area contributed by atoms with Crippen molar-refractivity contribution >= 4 is 15.8 Å². The Labute approximate surface area is 224 Å². The number of aliphatic carboxylic acids is 1. The van der Waals surface area contributed by atoms with Crippen LogP contribution in [0.15, 0.2) is 71.6 Å². The Hall–Kier alpha value is -3.44. The molecule has 0 saturated carbocycles. The van der Waals surface area contributed by atoms with Gasteiger partial charge in [0.25, 0.3) is 0 Å². The SMILES string of the molecule is CS(=O)(=O)c1cc(OCCCN(CCc2ccccc2)Cc2cccc(C(F)(F)F)c2F)ccc1CC(=O)O. The number of carboxylic acids is 1. The quantitative estimate of drug-likeness (QED) is 0.220. The number of rotatable bonds is 13. The molecule has 0 radical (unpaired) electrons. The zero-order chi connectivity index (χ0) is 28.6. The van der Waals surface area contributed by atoms with E-state index in [0.29, 0.717) is 32.0 Å². The van der Waals surface area contributed by atoms with Crippen molar-refractivity contribution in [1.29, 1.82) is 0 Å². The molecule has 3 aromatic rings. The van der Waals surface area contributed by atoms with Crippen molar-refractivity contribution in [1.82, 2.24) is 4.90 Å².